The molecule has 1 fully saturated rings. The highest BCUT2D eigenvalue weighted by molar-refractivity contribution is 7.99. The quantitative estimate of drug-likeness (QED) is 0.731. The Labute approximate surface area is 108 Å². The highest BCUT2D eigenvalue weighted by Gasteiger charge is 2.19. The first-order chi connectivity index (χ1) is 8.24. The van der Waals surface area contributed by atoms with Crippen molar-refractivity contribution in [2.75, 3.05) is 5.75 Å². The highest BCUT2D eigenvalue weighted by atomic mass is 32.2. The molecule has 2 N–H and O–H groups in total. The van der Waals surface area contributed by atoms with Crippen LogP contribution in [0.2, 0.25) is 0 Å². The van der Waals surface area contributed by atoms with E-state index in [9.17, 15) is 5.11 Å². The Morgan fingerprint density at radius 2 is 2.29 bits per heavy atom. The van der Waals surface area contributed by atoms with Crippen molar-refractivity contribution in [2.24, 2.45) is 0 Å². The maximum atomic E-state index is 9.21. The predicted molar refractivity (Wildman–Crippen MR) is 73.3 cm³/mol. The van der Waals surface area contributed by atoms with Crippen molar-refractivity contribution in [1.29, 1.82) is 0 Å². The molecule has 0 aromatic heterocycles. The van der Waals surface area contributed by atoms with Gasteiger partial charge in [-0.15, -0.1) is 11.8 Å². The second-order valence-corrected chi connectivity index (χ2v) is 5.96. The lowest BCUT2D eigenvalue weighted by Gasteiger charge is -2.07. The third-order valence-corrected chi connectivity index (χ3v) is 3.90. The summed E-state index contributed by atoms with van der Waals surface area (Å²) in [5.74, 6) is 0.983. The first kappa shape index (κ1) is 12.9. The summed E-state index contributed by atoms with van der Waals surface area (Å²) < 4.78 is 0. The van der Waals surface area contributed by atoms with Crippen molar-refractivity contribution >= 4 is 11.8 Å². The second kappa shape index (κ2) is 6.43. The van der Waals surface area contributed by atoms with E-state index in [2.05, 4.69) is 29.6 Å². The smallest absolute Gasteiger partial charge is 0.0520 e. The number of aliphatic hydroxyl groups excluding tert-OH is 1. The molecule has 0 amide bonds. The van der Waals surface area contributed by atoms with E-state index in [1.165, 1.54) is 23.3 Å². The molecule has 2 nitrogen and oxygen atoms in total. The summed E-state index contributed by atoms with van der Waals surface area (Å²) in [5.41, 5.74) is 1.36. The second-order valence-electron chi connectivity index (χ2n) is 4.79. The predicted octanol–water partition coefficient (Wildman–Crippen LogP) is 2.80. The van der Waals surface area contributed by atoms with E-state index >= 15 is 0 Å². The van der Waals surface area contributed by atoms with Crippen LogP contribution in [0.15, 0.2) is 29.2 Å². The molecule has 0 aliphatic heterocycles. The van der Waals surface area contributed by atoms with E-state index < -0.39 is 0 Å². The highest BCUT2D eigenvalue weighted by Crippen LogP contribution is 2.22. The zero-order chi connectivity index (χ0) is 12.1. The molecule has 1 aliphatic carbocycles. The number of aliphatic hydroxyl groups is 1. The molecule has 1 saturated carbocycles. The van der Waals surface area contributed by atoms with Crippen molar-refractivity contribution < 1.29 is 5.11 Å². The van der Waals surface area contributed by atoms with Crippen LogP contribution in [0, 0.1) is 0 Å². The molecule has 94 valence electrons. The molecular formula is C14H21NOS. The van der Waals surface area contributed by atoms with E-state index in [-0.39, 0.29) is 6.10 Å². The number of hydrogen-bond donors (Lipinski definition) is 2. The largest absolute Gasteiger partial charge is 0.393 e. The molecule has 0 spiro atoms. The van der Waals surface area contributed by atoms with E-state index in [4.69, 9.17) is 0 Å². The van der Waals surface area contributed by atoms with Crippen molar-refractivity contribution in [3.63, 3.8) is 0 Å². The normalized spacial score (nSPS) is 17.1. The molecule has 1 aromatic rings. The minimum Gasteiger partial charge on any atom is -0.393 e. The van der Waals surface area contributed by atoms with Crippen LogP contribution in [0.25, 0.3) is 0 Å². The van der Waals surface area contributed by atoms with Crippen LogP contribution >= 0.6 is 11.8 Å². The fraction of sp³-hybridized carbons (Fsp3) is 0.571. The standard InChI is InChI=1S/C14H21NOS/c1-11(16)7-8-17-14-4-2-3-12(9-14)10-15-13-5-6-13/h2-4,9,11,13,15-16H,5-8,10H2,1H3. The lowest BCUT2D eigenvalue weighted by molar-refractivity contribution is 0.192. The molecule has 0 radical (unpaired) electrons. The average molecular weight is 251 g/mol. The van der Waals surface area contributed by atoms with Crippen LogP contribution < -0.4 is 5.32 Å². The molecule has 0 heterocycles. The molecule has 1 atom stereocenters. The van der Waals surface area contributed by atoms with Crippen molar-refractivity contribution in [1.82, 2.24) is 5.32 Å². The Bertz CT molecular complexity index is 350. The van der Waals surface area contributed by atoms with Crippen LogP contribution in [-0.4, -0.2) is 23.0 Å². The Morgan fingerprint density at radius 3 is 3.00 bits per heavy atom. The van der Waals surface area contributed by atoms with Gasteiger partial charge in [0, 0.05) is 23.2 Å². The van der Waals surface area contributed by atoms with Gasteiger partial charge in [0.1, 0.15) is 0 Å². The number of rotatable bonds is 7. The topological polar surface area (TPSA) is 32.3 Å². The molecule has 0 bridgehead atoms. The SMILES string of the molecule is CC(O)CCSc1cccc(CNC2CC2)c1. The van der Waals surface area contributed by atoms with Gasteiger partial charge in [-0.25, -0.2) is 0 Å². The third-order valence-electron chi connectivity index (χ3n) is 2.88. The van der Waals surface area contributed by atoms with Gasteiger partial charge in [-0.05, 0) is 43.9 Å². The Balaban J connectivity index is 1.78. The van der Waals surface area contributed by atoms with Crippen molar-refractivity contribution in [2.45, 2.75) is 49.8 Å². The fourth-order valence-corrected chi connectivity index (χ4v) is 2.75. The summed E-state index contributed by atoms with van der Waals surface area (Å²) >= 11 is 1.83. The summed E-state index contributed by atoms with van der Waals surface area (Å²) in [7, 11) is 0. The Hall–Kier alpha value is -0.510. The van der Waals surface area contributed by atoms with Gasteiger partial charge in [0.15, 0.2) is 0 Å². The number of nitrogens with one attached hydrogen (secondary N) is 1. The van der Waals surface area contributed by atoms with Crippen LogP contribution in [-0.2, 0) is 6.54 Å². The van der Waals surface area contributed by atoms with Gasteiger partial charge in [0.05, 0.1) is 6.10 Å². The molecule has 17 heavy (non-hydrogen) atoms. The van der Waals surface area contributed by atoms with Gasteiger partial charge in [-0.1, -0.05) is 12.1 Å². The molecule has 1 aromatic carbocycles. The Morgan fingerprint density at radius 1 is 1.47 bits per heavy atom. The summed E-state index contributed by atoms with van der Waals surface area (Å²) in [4.78, 5) is 1.31. The molecule has 2 rings (SSSR count). The van der Waals surface area contributed by atoms with E-state index in [0.29, 0.717) is 0 Å². The lowest BCUT2D eigenvalue weighted by atomic mass is 10.2. The molecule has 3 heteroatoms. The van der Waals surface area contributed by atoms with Crippen LogP contribution in [0.4, 0.5) is 0 Å². The zero-order valence-electron chi connectivity index (χ0n) is 10.4. The lowest BCUT2D eigenvalue weighted by Crippen LogP contribution is -2.15. The summed E-state index contributed by atoms with van der Waals surface area (Å²) in [5, 5.41) is 12.7. The van der Waals surface area contributed by atoms with Gasteiger partial charge in [0.2, 0.25) is 0 Å². The van der Waals surface area contributed by atoms with Gasteiger partial charge in [-0.3, -0.25) is 0 Å². The van der Waals surface area contributed by atoms with E-state index in [0.717, 1.165) is 24.8 Å². The number of benzene rings is 1. The van der Waals surface area contributed by atoms with Gasteiger partial charge < -0.3 is 10.4 Å². The van der Waals surface area contributed by atoms with Crippen LogP contribution in [0.5, 0.6) is 0 Å². The maximum absolute atomic E-state index is 9.21. The first-order valence-corrected chi connectivity index (χ1v) is 7.36. The number of hydrogen-bond acceptors (Lipinski definition) is 3. The summed E-state index contributed by atoms with van der Waals surface area (Å²) in [6.45, 7) is 2.83. The Kier molecular flexibility index (Phi) is 4.89. The van der Waals surface area contributed by atoms with Crippen LogP contribution in [0.1, 0.15) is 31.7 Å². The van der Waals surface area contributed by atoms with Crippen LogP contribution in [0.3, 0.4) is 0 Å². The molecular weight excluding hydrogens is 230 g/mol. The molecule has 1 unspecified atom stereocenters. The molecule has 0 saturated heterocycles. The first-order valence-electron chi connectivity index (χ1n) is 6.37. The van der Waals surface area contributed by atoms with Gasteiger partial charge in [0.25, 0.3) is 0 Å². The zero-order valence-corrected chi connectivity index (χ0v) is 11.2. The minimum atomic E-state index is -0.192. The average Bonchev–Trinajstić information content (AvgIpc) is 3.10. The number of thioether (sulfide) groups is 1. The fourth-order valence-electron chi connectivity index (χ4n) is 1.64. The third kappa shape index (κ3) is 5.11. The summed E-state index contributed by atoms with van der Waals surface area (Å²) in [6, 6.07) is 9.46. The van der Waals surface area contributed by atoms with Gasteiger partial charge >= 0.3 is 0 Å². The monoisotopic (exact) mass is 251 g/mol. The minimum absolute atomic E-state index is 0.192. The van der Waals surface area contributed by atoms with Crippen molar-refractivity contribution in [3.8, 4) is 0 Å². The van der Waals surface area contributed by atoms with E-state index in [1.807, 2.05) is 18.7 Å². The summed E-state index contributed by atoms with van der Waals surface area (Å²) in [6.07, 6.45) is 3.34. The molecule has 1 aliphatic rings. The van der Waals surface area contributed by atoms with Gasteiger partial charge in [-0.2, -0.15) is 0 Å². The van der Waals surface area contributed by atoms with E-state index in [1.54, 1.807) is 0 Å². The maximum Gasteiger partial charge on any atom is 0.0520 e. The van der Waals surface area contributed by atoms with Crippen molar-refractivity contribution in [3.05, 3.63) is 29.8 Å².